The van der Waals surface area contributed by atoms with Crippen molar-refractivity contribution in [3.8, 4) is 33.4 Å². The smallest absolute Gasteiger partial charge is 0.0547 e. The summed E-state index contributed by atoms with van der Waals surface area (Å²) >= 11 is 1.89. The molecule has 0 amide bonds. The Morgan fingerprint density at radius 2 is 0.865 bits per heavy atom. The quantitative estimate of drug-likeness (QED) is 0.169. The highest BCUT2D eigenvalue weighted by Crippen LogP contribution is 2.47. The normalized spacial score (nSPS) is 11.5. The van der Waals surface area contributed by atoms with Crippen LogP contribution in [0.15, 0.2) is 200 Å². The number of hydrogen-bond donors (Lipinski definition) is 0. The molecule has 1 heterocycles. The second-order valence-corrected chi connectivity index (χ2v) is 14.4. The number of benzene rings is 9. The Morgan fingerprint density at radius 3 is 1.60 bits per heavy atom. The van der Waals surface area contributed by atoms with Gasteiger partial charge in [-0.05, 0) is 86.6 Å². The molecule has 0 saturated heterocycles. The average molecular weight is 680 g/mol. The van der Waals surface area contributed by atoms with Gasteiger partial charge in [-0.2, -0.15) is 0 Å². The topological polar surface area (TPSA) is 3.24 Å². The van der Waals surface area contributed by atoms with Crippen LogP contribution in [0.2, 0.25) is 0 Å². The summed E-state index contributed by atoms with van der Waals surface area (Å²) in [5.74, 6) is 0. The van der Waals surface area contributed by atoms with Crippen molar-refractivity contribution in [3.05, 3.63) is 200 Å². The molecule has 0 aliphatic heterocycles. The van der Waals surface area contributed by atoms with Crippen LogP contribution in [0, 0.1) is 0 Å². The zero-order chi connectivity index (χ0) is 34.4. The fourth-order valence-corrected chi connectivity index (χ4v) is 8.90. The molecule has 52 heavy (non-hydrogen) atoms. The lowest BCUT2D eigenvalue weighted by Crippen LogP contribution is -2.10. The maximum Gasteiger partial charge on any atom is 0.0547 e. The Kier molecular flexibility index (Phi) is 7.41. The van der Waals surface area contributed by atoms with Crippen molar-refractivity contribution in [2.24, 2.45) is 0 Å². The molecule has 1 aromatic heterocycles. The maximum atomic E-state index is 2.42. The van der Waals surface area contributed by atoms with Gasteiger partial charge in [0.15, 0.2) is 0 Å². The van der Waals surface area contributed by atoms with Crippen LogP contribution in [0.5, 0.6) is 0 Å². The SMILES string of the molecule is c1ccc(-c2ccc(-c3ccc(N(c4ccccc4)c4cc5c6cc(-c7cccc8ccccc78)ccc6sc5c5ccccc45)cc3)cc2)cc1. The number of thiophene rings is 1. The summed E-state index contributed by atoms with van der Waals surface area (Å²) in [5.41, 5.74) is 10.8. The monoisotopic (exact) mass is 679 g/mol. The van der Waals surface area contributed by atoms with Gasteiger partial charge in [0.2, 0.25) is 0 Å². The molecule has 0 unspecified atom stereocenters. The van der Waals surface area contributed by atoms with E-state index in [0.29, 0.717) is 0 Å². The predicted molar refractivity (Wildman–Crippen MR) is 225 cm³/mol. The molecule has 0 aliphatic rings. The van der Waals surface area contributed by atoms with Crippen LogP contribution in [0.1, 0.15) is 0 Å². The number of fused-ring (bicyclic) bond motifs is 6. The molecular weight excluding hydrogens is 647 g/mol. The Balaban J connectivity index is 1.12. The Hall–Kier alpha value is -6.48. The van der Waals surface area contributed by atoms with Gasteiger partial charge in [-0.3, -0.25) is 0 Å². The summed E-state index contributed by atoms with van der Waals surface area (Å²) in [6.45, 7) is 0. The van der Waals surface area contributed by atoms with Crippen molar-refractivity contribution < 1.29 is 0 Å². The first kappa shape index (κ1) is 30.4. The lowest BCUT2D eigenvalue weighted by molar-refractivity contribution is 1.30. The molecule has 10 rings (SSSR count). The standard InChI is InChI=1S/C50H33NS/c1-3-12-34(13-4-1)35-22-24-36(25-23-35)37-26-29-41(30-27-37)51(40-16-5-2-6-17-40)48-33-47-46-32-39(43-21-11-15-38-14-7-8-18-42(38)43)28-31-49(46)52-50(47)45-20-10-9-19-44(45)48/h1-33H. The van der Waals surface area contributed by atoms with Gasteiger partial charge in [0.05, 0.1) is 5.69 Å². The zero-order valence-electron chi connectivity index (χ0n) is 28.4. The number of hydrogen-bond acceptors (Lipinski definition) is 2. The van der Waals surface area contributed by atoms with Crippen molar-refractivity contribution in [2.45, 2.75) is 0 Å². The summed E-state index contributed by atoms with van der Waals surface area (Å²) in [6.07, 6.45) is 0. The van der Waals surface area contributed by atoms with Crippen LogP contribution >= 0.6 is 11.3 Å². The van der Waals surface area contributed by atoms with Crippen LogP contribution in [-0.4, -0.2) is 0 Å². The highest BCUT2D eigenvalue weighted by atomic mass is 32.1. The summed E-state index contributed by atoms with van der Waals surface area (Å²) in [6, 6.07) is 72.8. The molecule has 0 saturated carbocycles. The van der Waals surface area contributed by atoms with Gasteiger partial charge in [0.1, 0.15) is 0 Å². The van der Waals surface area contributed by atoms with Crippen molar-refractivity contribution >= 4 is 70.1 Å². The van der Waals surface area contributed by atoms with Crippen LogP contribution in [0.25, 0.3) is 75.1 Å². The molecule has 0 fully saturated rings. The fraction of sp³-hybridized carbons (Fsp3) is 0. The van der Waals surface area contributed by atoms with E-state index in [1.165, 1.54) is 80.8 Å². The maximum absolute atomic E-state index is 2.42. The van der Waals surface area contributed by atoms with Crippen LogP contribution in [0.4, 0.5) is 17.1 Å². The lowest BCUT2D eigenvalue weighted by atomic mass is 9.96. The summed E-state index contributed by atoms with van der Waals surface area (Å²) in [4.78, 5) is 2.42. The zero-order valence-corrected chi connectivity index (χ0v) is 29.2. The first-order chi connectivity index (χ1) is 25.8. The molecule has 10 aromatic rings. The minimum Gasteiger partial charge on any atom is -0.310 e. The molecule has 1 nitrogen and oxygen atoms in total. The summed E-state index contributed by atoms with van der Waals surface area (Å²) in [7, 11) is 0. The largest absolute Gasteiger partial charge is 0.310 e. The van der Waals surface area contributed by atoms with Gasteiger partial charge in [0.25, 0.3) is 0 Å². The van der Waals surface area contributed by atoms with Crippen LogP contribution < -0.4 is 4.90 Å². The first-order valence-corrected chi connectivity index (χ1v) is 18.6. The average Bonchev–Trinajstić information content (AvgIpc) is 3.60. The van der Waals surface area contributed by atoms with E-state index in [0.717, 1.165) is 11.4 Å². The Morgan fingerprint density at radius 1 is 0.327 bits per heavy atom. The van der Waals surface area contributed by atoms with E-state index in [4.69, 9.17) is 0 Å². The van der Waals surface area contributed by atoms with Crippen molar-refractivity contribution in [1.82, 2.24) is 0 Å². The molecule has 0 spiro atoms. The molecule has 0 aliphatic carbocycles. The molecular formula is C50H33NS. The minimum absolute atomic E-state index is 1.12. The first-order valence-electron chi connectivity index (χ1n) is 17.8. The molecule has 0 bridgehead atoms. The summed E-state index contributed by atoms with van der Waals surface area (Å²) in [5, 5.41) is 7.63. The van der Waals surface area contributed by atoms with E-state index in [2.05, 4.69) is 205 Å². The van der Waals surface area contributed by atoms with Gasteiger partial charge in [-0.15, -0.1) is 11.3 Å². The number of anilines is 3. The number of nitrogens with zero attached hydrogens (tertiary/aromatic N) is 1. The third-order valence-corrected chi connectivity index (χ3v) is 11.5. The second-order valence-electron chi connectivity index (χ2n) is 13.3. The molecule has 2 heteroatoms. The van der Waals surface area contributed by atoms with Crippen LogP contribution in [0.3, 0.4) is 0 Å². The molecule has 9 aromatic carbocycles. The fourth-order valence-electron chi connectivity index (χ4n) is 7.70. The molecule has 0 radical (unpaired) electrons. The van der Waals surface area contributed by atoms with E-state index in [9.17, 15) is 0 Å². The van der Waals surface area contributed by atoms with Gasteiger partial charge in [0, 0.05) is 42.3 Å². The van der Waals surface area contributed by atoms with E-state index in [1.807, 2.05) is 11.3 Å². The van der Waals surface area contributed by atoms with Gasteiger partial charge in [-0.1, -0.05) is 158 Å². The summed E-state index contributed by atoms with van der Waals surface area (Å²) < 4.78 is 2.63. The Labute approximate surface area is 307 Å². The third-order valence-electron chi connectivity index (χ3n) is 10.3. The van der Waals surface area contributed by atoms with E-state index in [-0.39, 0.29) is 0 Å². The van der Waals surface area contributed by atoms with Gasteiger partial charge < -0.3 is 4.90 Å². The van der Waals surface area contributed by atoms with E-state index >= 15 is 0 Å². The predicted octanol–water partition coefficient (Wildman–Crippen LogP) is 14.8. The third kappa shape index (κ3) is 5.24. The highest BCUT2D eigenvalue weighted by molar-refractivity contribution is 7.26. The highest BCUT2D eigenvalue weighted by Gasteiger charge is 2.20. The lowest BCUT2D eigenvalue weighted by Gasteiger charge is -2.27. The van der Waals surface area contributed by atoms with E-state index in [1.54, 1.807) is 0 Å². The Bertz CT molecular complexity index is 2870. The molecule has 244 valence electrons. The van der Waals surface area contributed by atoms with Crippen molar-refractivity contribution in [3.63, 3.8) is 0 Å². The van der Waals surface area contributed by atoms with Crippen LogP contribution in [-0.2, 0) is 0 Å². The number of rotatable bonds is 6. The molecule has 0 atom stereocenters. The van der Waals surface area contributed by atoms with Crippen molar-refractivity contribution in [2.75, 3.05) is 4.90 Å². The number of para-hydroxylation sites is 1. The van der Waals surface area contributed by atoms with Gasteiger partial charge >= 0.3 is 0 Å². The minimum atomic E-state index is 1.12. The second kappa shape index (κ2) is 12.7. The van der Waals surface area contributed by atoms with E-state index < -0.39 is 0 Å². The van der Waals surface area contributed by atoms with Gasteiger partial charge in [-0.25, -0.2) is 0 Å². The van der Waals surface area contributed by atoms with Crippen molar-refractivity contribution in [1.29, 1.82) is 0 Å². The molecule has 0 N–H and O–H groups in total.